The molecule has 0 aromatic carbocycles. The maximum atomic E-state index is 6.09. The first-order valence-electron chi connectivity index (χ1n) is 6.64. The third-order valence-electron chi connectivity index (χ3n) is 4.57. The van der Waals surface area contributed by atoms with E-state index in [1.165, 1.54) is 45.1 Å². The Kier molecular flexibility index (Phi) is 3.68. The summed E-state index contributed by atoms with van der Waals surface area (Å²) in [6, 6.07) is 1.29. The normalized spacial score (nSPS) is 33.6. The summed E-state index contributed by atoms with van der Waals surface area (Å²) in [5.74, 6) is 1.80. The minimum atomic E-state index is 0.495. The van der Waals surface area contributed by atoms with Gasteiger partial charge in [0, 0.05) is 12.1 Å². The van der Waals surface area contributed by atoms with Gasteiger partial charge in [-0.25, -0.2) is 0 Å². The fourth-order valence-corrected chi connectivity index (χ4v) is 2.94. The fraction of sp³-hybridized carbons (Fsp3) is 1.00. The molecule has 0 amide bonds. The number of hydrogen-bond donors (Lipinski definition) is 1. The summed E-state index contributed by atoms with van der Waals surface area (Å²) < 4.78 is 0. The van der Waals surface area contributed by atoms with E-state index >= 15 is 0 Å². The predicted octanol–water partition coefficient (Wildman–Crippen LogP) is 2.23. The molecule has 0 radical (unpaired) electrons. The second-order valence-corrected chi connectivity index (χ2v) is 5.70. The lowest BCUT2D eigenvalue weighted by atomic mass is 9.99. The van der Waals surface area contributed by atoms with Gasteiger partial charge in [0.15, 0.2) is 0 Å². The lowest BCUT2D eigenvalue weighted by Gasteiger charge is -2.26. The van der Waals surface area contributed by atoms with Gasteiger partial charge in [0.05, 0.1) is 0 Å². The number of hydrogen-bond acceptors (Lipinski definition) is 2. The van der Waals surface area contributed by atoms with Crippen molar-refractivity contribution in [2.45, 2.75) is 57.5 Å². The van der Waals surface area contributed by atoms with Gasteiger partial charge in [0.25, 0.3) is 0 Å². The van der Waals surface area contributed by atoms with E-state index in [0.717, 1.165) is 17.9 Å². The first kappa shape index (κ1) is 11.4. The first-order valence-corrected chi connectivity index (χ1v) is 6.64. The van der Waals surface area contributed by atoms with Crippen molar-refractivity contribution >= 4 is 0 Å². The highest BCUT2D eigenvalue weighted by molar-refractivity contribution is 4.85. The molecule has 2 aliphatic rings. The lowest BCUT2D eigenvalue weighted by molar-refractivity contribution is 0.215. The minimum Gasteiger partial charge on any atom is -0.327 e. The van der Waals surface area contributed by atoms with E-state index in [0.29, 0.717) is 6.04 Å². The Bertz CT molecular complexity index is 201. The van der Waals surface area contributed by atoms with Gasteiger partial charge < -0.3 is 10.6 Å². The zero-order chi connectivity index (χ0) is 10.8. The van der Waals surface area contributed by atoms with Crippen LogP contribution >= 0.6 is 0 Å². The van der Waals surface area contributed by atoms with Crippen LogP contribution in [0.2, 0.25) is 0 Å². The zero-order valence-electron chi connectivity index (χ0n) is 10.3. The molecule has 2 rings (SSSR count). The van der Waals surface area contributed by atoms with E-state index in [1.54, 1.807) is 0 Å². The van der Waals surface area contributed by atoms with Gasteiger partial charge in [-0.15, -0.1) is 0 Å². The topological polar surface area (TPSA) is 29.3 Å². The quantitative estimate of drug-likeness (QED) is 0.754. The first-order chi connectivity index (χ1) is 7.18. The van der Waals surface area contributed by atoms with E-state index in [-0.39, 0.29) is 0 Å². The fourth-order valence-electron chi connectivity index (χ4n) is 2.94. The molecule has 15 heavy (non-hydrogen) atoms. The van der Waals surface area contributed by atoms with Crippen LogP contribution < -0.4 is 5.73 Å². The molecule has 2 N–H and O–H groups in total. The van der Waals surface area contributed by atoms with Crippen LogP contribution in [-0.4, -0.2) is 30.6 Å². The Balaban J connectivity index is 1.67. The Labute approximate surface area is 94.2 Å². The molecule has 0 spiro atoms. The number of rotatable bonds is 5. The van der Waals surface area contributed by atoms with Crippen molar-refractivity contribution in [3.63, 3.8) is 0 Å². The molecule has 0 bridgehead atoms. The van der Waals surface area contributed by atoms with Crippen molar-refractivity contribution in [3.05, 3.63) is 0 Å². The van der Waals surface area contributed by atoms with Crippen LogP contribution in [0.5, 0.6) is 0 Å². The molecule has 2 saturated carbocycles. The summed E-state index contributed by atoms with van der Waals surface area (Å²) in [4.78, 5) is 2.54. The van der Waals surface area contributed by atoms with E-state index in [4.69, 9.17) is 5.73 Å². The second kappa shape index (κ2) is 4.84. The summed E-state index contributed by atoms with van der Waals surface area (Å²) in [6.45, 7) is 3.63. The molecule has 0 saturated heterocycles. The van der Waals surface area contributed by atoms with E-state index in [9.17, 15) is 0 Å². The predicted molar refractivity (Wildman–Crippen MR) is 64.7 cm³/mol. The molecular weight excluding hydrogens is 184 g/mol. The standard InChI is InChI=1S/C13H26N2/c1-10(11-6-7-11)15(2)9-8-12-4-3-5-13(12)14/h10-13H,3-9,14H2,1-2H3. The average Bonchev–Trinajstić information content (AvgIpc) is 2.99. The average molecular weight is 210 g/mol. The minimum absolute atomic E-state index is 0.495. The SMILES string of the molecule is CC(C1CC1)N(C)CCC1CCCC1N. The monoisotopic (exact) mass is 210 g/mol. The summed E-state index contributed by atoms with van der Waals surface area (Å²) in [5.41, 5.74) is 6.09. The van der Waals surface area contributed by atoms with Gasteiger partial charge in [0.1, 0.15) is 0 Å². The molecule has 0 aliphatic heterocycles. The summed E-state index contributed by atoms with van der Waals surface area (Å²) in [5, 5.41) is 0. The van der Waals surface area contributed by atoms with Gasteiger partial charge >= 0.3 is 0 Å². The molecule has 3 unspecified atom stereocenters. The Morgan fingerprint density at radius 3 is 2.53 bits per heavy atom. The molecule has 2 heteroatoms. The molecule has 88 valence electrons. The highest BCUT2D eigenvalue weighted by Gasteiger charge is 2.31. The molecule has 0 aromatic heterocycles. The number of nitrogens with two attached hydrogens (primary N) is 1. The third-order valence-corrected chi connectivity index (χ3v) is 4.57. The van der Waals surface area contributed by atoms with Crippen molar-refractivity contribution in [3.8, 4) is 0 Å². The smallest absolute Gasteiger partial charge is 0.00921 e. The molecule has 0 heterocycles. The van der Waals surface area contributed by atoms with E-state index < -0.39 is 0 Å². The lowest BCUT2D eigenvalue weighted by Crippen LogP contribution is -2.34. The van der Waals surface area contributed by atoms with Gasteiger partial charge in [-0.05, 0) is 64.5 Å². The third kappa shape index (κ3) is 2.94. The Morgan fingerprint density at radius 1 is 1.27 bits per heavy atom. The van der Waals surface area contributed by atoms with Crippen LogP contribution in [0, 0.1) is 11.8 Å². The summed E-state index contributed by atoms with van der Waals surface area (Å²) in [6.07, 6.45) is 8.20. The van der Waals surface area contributed by atoms with Crippen LogP contribution in [0.3, 0.4) is 0 Å². The molecule has 2 aliphatic carbocycles. The van der Waals surface area contributed by atoms with Crippen LogP contribution in [0.25, 0.3) is 0 Å². The largest absolute Gasteiger partial charge is 0.327 e. The summed E-state index contributed by atoms with van der Waals surface area (Å²) in [7, 11) is 2.28. The maximum absolute atomic E-state index is 6.09. The maximum Gasteiger partial charge on any atom is 0.00921 e. The van der Waals surface area contributed by atoms with Crippen LogP contribution in [0.1, 0.15) is 45.4 Å². The van der Waals surface area contributed by atoms with Crippen LogP contribution in [0.4, 0.5) is 0 Å². The van der Waals surface area contributed by atoms with Crippen molar-refractivity contribution in [2.75, 3.05) is 13.6 Å². The van der Waals surface area contributed by atoms with Crippen molar-refractivity contribution < 1.29 is 0 Å². The molecule has 3 atom stereocenters. The van der Waals surface area contributed by atoms with Crippen molar-refractivity contribution in [1.82, 2.24) is 4.90 Å². The Hall–Kier alpha value is -0.0800. The highest BCUT2D eigenvalue weighted by Crippen LogP contribution is 2.35. The highest BCUT2D eigenvalue weighted by atomic mass is 15.1. The second-order valence-electron chi connectivity index (χ2n) is 5.70. The molecule has 2 fully saturated rings. The van der Waals surface area contributed by atoms with Crippen LogP contribution in [-0.2, 0) is 0 Å². The van der Waals surface area contributed by atoms with Gasteiger partial charge in [-0.1, -0.05) is 6.42 Å². The molecule has 0 aromatic rings. The van der Waals surface area contributed by atoms with E-state index in [1.807, 2.05) is 0 Å². The van der Waals surface area contributed by atoms with Gasteiger partial charge in [0.2, 0.25) is 0 Å². The van der Waals surface area contributed by atoms with Crippen LogP contribution in [0.15, 0.2) is 0 Å². The number of nitrogens with zero attached hydrogens (tertiary/aromatic N) is 1. The summed E-state index contributed by atoms with van der Waals surface area (Å²) >= 11 is 0. The van der Waals surface area contributed by atoms with E-state index in [2.05, 4.69) is 18.9 Å². The zero-order valence-corrected chi connectivity index (χ0v) is 10.3. The van der Waals surface area contributed by atoms with Crippen molar-refractivity contribution in [1.29, 1.82) is 0 Å². The molecule has 2 nitrogen and oxygen atoms in total. The van der Waals surface area contributed by atoms with Gasteiger partial charge in [-0.2, -0.15) is 0 Å². The molecular formula is C13H26N2. The van der Waals surface area contributed by atoms with Crippen molar-refractivity contribution in [2.24, 2.45) is 17.6 Å². The van der Waals surface area contributed by atoms with Gasteiger partial charge in [-0.3, -0.25) is 0 Å². The Morgan fingerprint density at radius 2 is 2.00 bits per heavy atom.